The van der Waals surface area contributed by atoms with E-state index in [0.29, 0.717) is 12.1 Å². The number of nitrogens with zero attached hydrogens (tertiary/aromatic N) is 1. The first kappa shape index (κ1) is 16.5. The molecule has 3 rings (SSSR count). The summed E-state index contributed by atoms with van der Waals surface area (Å²) < 4.78 is 0. The third-order valence-corrected chi connectivity index (χ3v) is 4.87. The zero-order valence-corrected chi connectivity index (χ0v) is 14.4. The van der Waals surface area contributed by atoms with Crippen LogP contribution in [0.2, 0.25) is 0 Å². The molecule has 1 atom stereocenters. The van der Waals surface area contributed by atoms with Gasteiger partial charge in [-0.15, -0.1) is 11.3 Å². The molecule has 4 nitrogen and oxygen atoms in total. The van der Waals surface area contributed by atoms with Gasteiger partial charge in [0.05, 0.1) is 5.57 Å². The number of Topliss-reactive ketones (excluding diaryl/α,β-unsaturated/α-hetero) is 1. The Balaban J connectivity index is 2.10. The summed E-state index contributed by atoms with van der Waals surface area (Å²) in [6.45, 7) is 3.89. The van der Waals surface area contributed by atoms with Crippen LogP contribution in [0.5, 0.6) is 0 Å². The summed E-state index contributed by atoms with van der Waals surface area (Å²) in [7, 11) is 0. The van der Waals surface area contributed by atoms with E-state index in [0.717, 1.165) is 4.88 Å². The first-order valence-corrected chi connectivity index (χ1v) is 8.77. The molecule has 2 aromatic rings. The molecule has 2 heterocycles. The molecule has 0 aliphatic carbocycles. The van der Waals surface area contributed by atoms with E-state index in [9.17, 15) is 14.7 Å². The molecule has 1 aromatic heterocycles. The minimum absolute atomic E-state index is 0.155. The SMILES string of the molecule is CC(C)CC(=O)C1=C(O)C(=O)N(c2ccccc2)C1c1cccs1. The van der Waals surface area contributed by atoms with Crippen molar-refractivity contribution in [3.63, 3.8) is 0 Å². The number of thiophene rings is 1. The van der Waals surface area contributed by atoms with E-state index in [2.05, 4.69) is 0 Å². The maximum atomic E-state index is 12.7. The first-order chi connectivity index (χ1) is 11.5. The molecule has 0 saturated carbocycles. The lowest BCUT2D eigenvalue weighted by molar-refractivity contribution is -0.118. The van der Waals surface area contributed by atoms with Gasteiger partial charge in [0.15, 0.2) is 11.5 Å². The van der Waals surface area contributed by atoms with E-state index in [1.54, 1.807) is 0 Å². The summed E-state index contributed by atoms with van der Waals surface area (Å²) in [5.74, 6) is -0.968. The Labute approximate surface area is 145 Å². The molecule has 0 radical (unpaired) electrons. The van der Waals surface area contributed by atoms with Crippen molar-refractivity contribution in [1.82, 2.24) is 0 Å². The number of hydrogen-bond donors (Lipinski definition) is 1. The van der Waals surface area contributed by atoms with Gasteiger partial charge in [-0.25, -0.2) is 0 Å². The molecule has 0 bridgehead atoms. The Morgan fingerprint density at radius 3 is 2.50 bits per heavy atom. The van der Waals surface area contributed by atoms with Gasteiger partial charge in [-0.1, -0.05) is 38.1 Å². The Morgan fingerprint density at radius 1 is 1.21 bits per heavy atom. The lowest BCUT2D eigenvalue weighted by Gasteiger charge is -2.25. The molecule has 5 heteroatoms. The number of anilines is 1. The zero-order chi connectivity index (χ0) is 17.3. The summed E-state index contributed by atoms with van der Waals surface area (Å²) in [5.41, 5.74) is 0.875. The van der Waals surface area contributed by atoms with E-state index in [1.807, 2.05) is 61.7 Å². The Morgan fingerprint density at radius 2 is 1.92 bits per heavy atom. The molecule has 0 fully saturated rings. The van der Waals surface area contributed by atoms with Crippen LogP contribution in [0.15, 0.2) is 59.2 Å². The maximum Gasteiger partial charge on any atom is 0.294 e. The number of hydrogen-bond acceptors (Lipinski definition) is 4. The third kappa shape index (κ3) is 2.87. The van der Waals surface area contributed by atoms with Gasteiger partial charge in [-0.3, -0.25) is 14.5 Å². The second-order valence-corrected chi connectivity index (χ2v) is 7.19. The van der Waals surface area contributed by atoms with Gasteiger partial charge in [-0.05, 0) is 29.5 Å². The summed E-state index contributed by atoms with van der Waals surface area (Å²) in [6.07, 6.45) is 0.303. The fourth-order valence-corrected chi connectivity index (χ4v) is 3.77. The fourth-order valence-electron chi connectivity index (χ4n) is 2.94. The predicted molar refractivity (Wildman–Crippen MR) is 95.1 cm³/mol. The zero-order valence-electron chi connectivity index (χ0n) is 13.6. The summed E-state index contributed by atoms with van der Waals surface area (Å²) in [5, 5.41) is 12.3. The van der Waals surface area contributed by atoms with E-state index in [1.165, 1.54) is 16.2 Å². The Hall–Kier alpha value is -2.40. The summed E-state index contributed by atoms with van der Waals surface area (Å²) in [6, 6.07) is 12.4. The smallest absolute Gasteiger partial charge is 0.294 e. The van der Waals surface area contributed by atoms with Crippen LogP contribution >= 0.6 is 11.3 Å². The maximum absolute atomic E-state index is 12.7. The molecule has 1 unspecified atom stereocenters. The average Bonchev–Trinajstić information content (AvgIpc) is 3.15. The molecule has 1 N–H and O–H groups in total. The molecule has 0 spiro atoms. The van der Waals surface area contributed by atoms with Crippen LogP contribution in [-0.2, 0) is 9.59 Å². The van der Waals surface area contributed by atoms with Crippen LogP contribution in [0.25, 0.3) is 0 Å². The monoisotopic (exact) mass is 341 g/mol. The lowest BCUT2D eigenvalue weighted by Crippen LogP contribution is -2.30. The molecule has 0 saturated heterocycles. The number of rotatable bonds is 5. The quantitative estimate of drug-likeness (QED) is 0.884. The normalized spacial score (nSPS) is 17.9. The van der Waals surface area contributed by atoms with Gasteiger partial charge in [0.25, 0.3) is 5.91 Å². The highest BCUT2D eigenvalue weighted by Gasteiger charge is 2.44. The molecule has 1 aliphatic rings. The van der Waals surface area contributed by atoms with E-state index < -0.39 is 17.7 Å². The third-order valence-electron chi connectivity index (χ3n) is 3.95. The van der Waals surface area contributed by atoms with E-state index in [4.69, 9.17) is 0 Å². The van der Waals surface area contributed by atoms with Crippen LogP contribution in [0.3, 0.4) is 0 Å². The van der Waals surface area contributed by atoms with Crippen molar-refractivity contribution in [2.45, 2.75) is 26.3 Å². The topological polar surface area (TPSA) is 57.6 Å². The van der Waals surface area contributed by atoms with Crippen LogP contribution in [-0.4, -0.2) is 16.8 Å². The number of para-hydroxylation sites is 1. The number of ketones is 1. The van der Waals surface area contributed by atoms with Crippen molar-refractivity contribution in [3.05, 3.63) is 64.1 Å². The number of benzene rings is 1. The number of carbonyl (C=O) groups excluding carboxylic acids is 2. The second kappa shape index (κ2) is 6.61. The van der Waals surface area contributed by atoms with Crippen molar-refractivity contribution in [2.24, 2.45) is 5.92 Å². The van der Waals surface area contributed by atoms with Gasteiger partial charge >= 0.3 is 0 Å². The Kier molecular flexibility index (Phi) is 4.53. The van der Waals surface area contributed by atoms with Crippen LogP contribution in [0.4, 0.5) is 5.69 Å². The first-order valence-electron chi connectivity index (χ1n) is 7.89. The lowest BCUT2D eigenvalue weighted by atomic mass is 9.95. The highest BCUT2D eigenvalue weighted by atomic mass is 32.1. The molecule has 1 aliphatic heterocycles. The van der Waals surface area contributed by atoms with Crippen molar-refractivity contribution < 1.29 is 14.7 Å². The van der Waals surface area contributed by atoms with Gasteiger partial charge in [0.2, 0.25) is 0 Å². The Bertz CT molecular complexity index is 778. The standard InChI is InChI=1S/C19H19NO3S/c1-12(2)11-14(21)16-17(15-9-6-10-24-15)20(19(23)18(16)22)13-7-4-3-5-8-13/h3-10,12,17,22H,11H2,1-2H3. The van der Waals surface area contributed by atoms with Gasteiger partial charge in [-0.2, -0.15) is 0 Å². The molecular formula is C19H19NO3S. The van der Waals surface area contributed by atoms with Crippen LogP contribution < -0.4 is 4.90 Å². The number of carbonyl (C=O) groups is 2. The van der Waals surface area contributed by atoms with Crippen molar-refractivity contribution in [3.8, 4) is 0 Å². The molecule has 1 amide bonds. The second-order valence-electron chi connectivity index (χ2n) is 6.21. The van der Waals surface area contributed by atoms with Crippen molar-refractivity contribution in [1.29, 1.82) is 0 Å². The number of aliphatic hydroxyl groups excluding tert-OH is 1. The minimum Gasteiger partial charge on any atom is -0.503 e. The summed E-state index contributed by atoms with van der Waals surface area (Å²) >= 11 is 1.47. The van der Waals surface area contributed by atoms with Gasteiger partial charge in [0, 0.05) is 17.0 Å². The molecule has 124 valence electrons. The van der Waals surface area contributed by atoms with Gasteiger partial charge in [0.1, 0.15) is 6.04 Å². The van der Waals surface area contributed by atoms with Crippen molar-refractivity contribution in [2.75, 3.05) is 4.90 Å². The number of amides is 1. The highest BCUT2D eigenvalue weighted by molar-refractivity contribution is 7.10. The van der Waals surface area contributed by atoms with Crippen LogP contribution in [0.1, 0.15) is 31.2 Å². The molecular weight excluding hydrogens is 322 g/mol. The van der Waals surface area contributed by atoms with E-state index >= 15 is 0 Å². The largest absolute Gasteiger partial charge is 0.503 e. The average molecular weight is 341 g/mol. The number of aliphatic hydroxyl groups is 1. The van der Waals surface area contributed by atoms with Gasteiger partial charge < -0.3 is 5.11 Å². The predicted octanol–water partition coefficient (Wildman–Crippen LogP) is 4.26. The fraction of sp³-hybridized carbons (Fsp3) is 0.263. The minimum atomic E-state index is -0.564. The molecule has 24 heavy (non-hydrogen) atoms. The highest BCUT2D eigenvalue weighted by Crippen LogP contribution is 2.42. The van der Waals surface area contributed by atoms with E-state index in [-0.39, 0.29) is 17.3 Å². The van der Waals surface area contributed by atoms with Crippen molar-refractivity contribution >= 4 is 28.7 Å². The van der Waals surface area contributed by atoms with Crippen LogP contribution in [0, 0.1) is 5.92 Å². The summed E-state index contributed by atoms with van der Waals surface area (Å²) in [4.78, 5) is 27.8. The molecule has 1 aromatic carbocycles.